The van der Waals surface area contributed by atoms with E-state index in [9.17, 15) is 10.2 Å². The van der Waals surface area contributed by atoms with Crippen molar-refractivity contribution in [2.75, 3.05) is 12.0 Å². The summed E-state index contributed by atoms with van der Waals surface area (Å²) in [4.78, 5) is 0. The molecule has 148 valence electrons. The highest BCUT2D eigenvalue weighted by Crippen LogP contribution is 2.43. The average molecular weight is 387 g/mol. The van der Waals surface area contributed by atoms with E-state index in [1.165, 1.54) is 5.56 Å². The van der Waals surface area contributed by atoms with Crippen LogP contribution in [0.5, 0.6) is 11.5 Å². The minimum Gasteiger partial charge on any atom is -0.508 e. The van der Waals surface area contributed by atoms with Gasteiger partial charge < -0.3 is 10.2 Å². The third-order valence-electron chi connectivity index (χ3n) is 5.60. The summed E-state index contributed by atoms with van der Waals surface area (Å²) in [5, 5.41) is 21.5. The zero-order valence-corrected chi connectivity index (χ0v) is 18.2. The van der Waals surface area contributed by atoms with E-state index in [4.69, 9.17) is 0 Å². The fraction of sp³-hybridized carbons (Fsp3) is 0.500. The molecule has 0 spiro atoms. The zero-order valence-electron chi connectivity index (χ0n) is 17.4. The summed E-state index contributed by atoms with van der Waals surface area (Å²) in [7, 11) is 0. The van der Waals surface area contributed by atoms with Crippen molar-refractivity contribution in [2.45, 2.75) is 64.2 Å². The van der Waals surface area contributed by atoms with Crippen LogP contribution in [-0.2, 0) is 17.3 Å². The van der Waals surface area contributed by atoms with Gasteiger partial charge >= 0.3 is 0 Å². The van der Waals surface area contributed by atoms with Gasteiger partial charge in [-0.3, -0.25) is 0 Å². The van der Waals surface area contributed by atoms with Crippen LogP contribution in [0, 0.1) is 0 Å². The molecule has 0 atom stereocenters. The fourth-order valence-electron chi connectivity index (χ4n) is 3.69. The Labute approximate surface area is 169 Å². The molecule has 2 N–H and O–H groups in total. The van der Waals surface area contributed by atoms with Crippen LogP contribution in [0.1, 0.15) is 63.6 Å². The molecule has 0 heterocycles. The number of aryl methyl sites for hydroxylation is 1. The standard InChI is InChI=1S/C24H34O2S/c1-23(2,13-9-15-27-5)19-16-22(26)20(17-21(19)25)24(3,4)14-12-18-10-7-6-8-11-18/h6-8,10-11,16-17,25-26H,9,12-15H2,1-5H3. The normalized spacial score (nSPS) is 12.3. The number of hydrogen-bond acceptors (Lipinski definition) is 3. The van der Waals surface area contributed by atoms with Crippen LogP contribution < -0.4 is 0 Å². The quantitative estimate of drug-likeness (QED) is 0.385. The van der Waals surface area contributed by atoms with E-state index in [0.717, 1.165) is 42.6 Å². The topological polar surface area (TPSA) is 40.5 Å². The summed E-state index contributed by atoms with van der Waals surface area (Å²) in [6.45, 7) is 8.55. The molecular formula is C24H34O2S. The highest BCUT2D eigenvalue weighted by molar-refractivity contribution is 7.98. The summed E-state index contributed by atoms with van der Waals surface area (Å²) in [5.41, 5.74) is 2.56. The zero-order chi connectivity index (χ0) is 20.1. The van der Waals surface area contributed by atoms with E-state index < -0.39 is 0 Å². The van der Waals surface area contributed by atoms with E-state index in [2.05, 4.69) is 58.2 Å². The SMILES string of the molecule is CSCCCC(C)(C)c1cc(O)c(C(C)(C)CCc2ccccc2)cc1O. The van der Waals surface area contributed by atoms with E-state index in [0.29, 0.717) is 11.5 Å². The van der Waals surface area contributed by atoms with Crippen molar-refractivity contribution in [3.05, 3.63) is 59.2 Å². The number of aromatic hydroxyl groups is 2. The van der Waals surface area contributed by atoms with Gasteiger partial charge in [0, 0.05) is 11.1 Å². The van der Waals surface area contributed by atoms with Gasteiger partial charge in [0.25, 0.3) is 0 Å². The van der Waals surface area contributed by atoms with Crippen LogP contribution in [0.4, 0.5) is 0 Å². The van der Waals surface area contributed by atoms with Gasteiger partial charge in [0.2, 0.25) is 0 Å². The number of phenols is 2. The Morgan fingerprint density at radius 2 is 1.33 bits per heavy atom. The summed E-state index contributed by atoms with van der Waals surface area (Å²) < 4.78 is 0. The van der Waals surface area contributed by atoms with Crippen molar-refractivity contribution in [3.8, 4) is 11.5 Å². The first-order chi connectivity index (χ1) is 12.7. The molecule has 0 saturated heterocycles. The van der Waals surface area contributed by atoms with E-state index in [1.54, 1.807) is 12.1 Å². The van der Waals surface area contributed by atoms with Gasteiger partial charge in [-0.25, -0.2) is 0 Å². The molecule has 0 amide bonds. The number of phenolic OH excluding ortho intramolecular Hbond substituents is 2. The second-order valence-corrected chi connectivity index (χ2v) is 9.72. The first-order valence-electron chi connectivity index (χ1n) is 9.77. The lowest BCUT2D eigenvalue weighted by atomic mass is 9.75. The maximum Gasteiger partial charge on any atom is 0.119 e. The highest BCUT2D eigenvalue weighted by Gasteiger charge is 2.29. The third-order valence-corrected chi connectivity index (χ3v) is 6.30. The molecule has 2 aromatic carbocycles. The molecule has 0 unspecified atom stereocenters. The van der Waals surface area contributed by atoms with Crippen molar-refractivity contribution in [2.24, 2.45) is 0 Å². The van der Waals surface area contributed by atoms with Crippen LogP contribution in [-0.4, -0.2) is 22.2 Å². The molecule has 2 nitrogen and oxygen atoms in total. The van der Waals surface area contributed by atoms with E-state index >= 15 is 0 Å². The smallest absolute Gasteiger partial charge is 0.119 e. The van der Waals surface area contributed by atoms with Crippen LogP contribution in [0.3, 0.4) is 0 Å². The monoisotopic (exact) mass is 386 g/mol. The van der Waals surface area contributed by atoms with Crippen molar-refractivity contribution in [1.29, 1.82) is 0 Å². The fourth-order valence-corrected chi connectivity index (χ4v) is 4.12. The predicted octanol–water partition coefficient (Wildman–Crippen LogP) is 6.43. The Hall–Kier alpha value is -1.61. The molecule has 0 aliphatic heterocycles. The van der Waals surface area contributed by atoms with Gasteiger partial charge in [0.15, 0.2) is 0 Å². The molecule has 0 fully saturated rings. The molecular weight excluding hydrogens is 352 g/mol. The maximum atomic E-state index is 10.8. The van der Waals surface area contributed by atoms with E-state index in [1.807, 2.05) is 17.8 Å². The van der Waals surface area contributed by atoms with Gasteiger partial charge in [-0.05, 0) is 66.2 Å². The van der Waals surface area contributed by atoms with Crippen LogP contribution in [0.25, 0.3) is 0 Å². The Bertz CT molecular complexity index is 736. The molecule has 2 rings (SSSR count). The summed E-state index contributed by atoms with van der Waals surface area (Å²) in [5.74, 6) is 1.70. The van der Waals surface area contributed by atoms with Crippen LogP contribution in [0.15, 0.2) is 42.5 Å². The number of hydrogen-bond donors (Lipinski definition) is 2. The first-order valence-corrected chi connectivity index (χ1v) is 11.2. The predicted molar refractivity (Wildman–Crippen MR) is 118 cm³/mol. The lowest BCUT2D eigenvalue weighted by molar-refractivity contribution is 0.391. The molecule has 0 aromatic heterocycles. The van der Waals surface area contributed by atoms with Gasteiger partial charge in [0.1, 0.15) is 11.5 Å². The second kappa shape index (κ2) is 9.05. The molecule has 0 aliphatic rings. The lowest BCUT2D eigenvalue weighted by Crippen LogP contribution is -2.21. The van der Waals surface area contributed by atoms with E-state index in [-0.39, 0.29) is 10.8 Å². The number of thioether (sulfide) groups is 1. The number of rotatable bonds is 9. The van der Waals surface area contributed by atoms with Gasteiger partial charge in [-0.2, -0.15) is 11.8 Å². The summed E-state index contributed by atoms with van der Waals surface area (Å²) in [6, 6.07) is 14.0. The number of benzene rings is 2. The highest BCUT2D eigenvalue weighted by atomic mass is 32.2. The van der Waals surface area contributed by atoms with Crippen LogP contribution >= 0.6 is 11.8 Å². The first kappa shape index (κ1) is 21.7. The molecule has 27 heavy (non-hydrogen) atoms. The van der Waals surface area contributed by atoms with Gasteiger partial charge in [-0.1, -0.05) is 58.0 Å². The third kappa shape index (κ3) is 5.68. The summed E-state index contributed by atoms with van der Waals surface area (Å²) >= 11 is 1.84. The molecule has 0 aliphatic carbocycles. The van der Waals surface area contributed by atoms with Crippen molar-refractivity contribution >= 4 is 11.8 Å². The minimum atomic E-state index is -0.223. The van der Waals surface area contributed by atoms with Crippen LogP contribution in [0.2, 0.25) is 0 Å². The average Bonchev–Trinajstić information content (AvgIpc) is 2.62. The summed E-state index contributed by atoms with van der Waals surface area (Å²) in [6.07, 6.45) is 6.04. The molecule has 0 radical (unpaired) electrons. The van der Waals surface area contributed by atoms with Crippen molar-refractivity contribution in [3.63, 3.8) is 0 Å². The molecule has 0 saturated carbocycles. The van der Waals surface area contributed by atoms with Gasteiger partial charge in [0.05, 0.1) is 0 Å². The molecule has 0 bridgehead atoms. The Morgan fingerprint density at radius 3 is 1.85 bits per heavy atom. The molecule has 3 heteroatoms. The minimum absolute atomic E-state index is 0.163. The lowest BCUT2D eigenvalue weighted by Gasteiger charge is -2.30. The van der Waals surface area contributed by atoms with Gasteiger partial charge in [-0.15, -0.1) is 0 Å². The second-order valence-electron chi connectivity index (χ2n) is 8.74. The largest absolute Gasteiger partial charge is 0.508 e. The van der Waals surface area contributed by atoms with Crippen molar-refractivity contribution < 1.29 is 10.2 Å². The van der Waals surface area contributed by atoms with Crippen molar-refractivity contribution in [1.82, 2.24) is 0 Å². The Morgan fingerprint density at radius 1 is 0.815 bits per heavy atom. The molecule has 2 aromatic rings. The Kier molecular flexibility index (Phi) is 7.27. The maximum absolute atomic E-state index is 10.8. The Balaban J connectivity index is 2.21.